The zero-order chi connectivity index (χ0) is 61.0. The van der Waals surface area contributed by atoms with Gasteiger partial charge >= 0.3 is 36.1 Å². The van der Waals surface area contributed by atoms with Crippen molar-refractivity contribution in [3.05, 3.63) is 141 Å². The second-order valence-electron chi connectivity index (χ2n) is 20.8. The van der Waals surface area contributed by atoms with Gasteiger partial charge in [0.05, 0.1) is 11.1 Å². The Morgan fingerprint density at radius 3 is 1.12 bits per heavy atom. The molecule has 442 valence electrons. The Kier molecular flexibility index (Phi) is 24.8. The highest BCUT2D eigenvalue weighted by molar-refractivity contribution is 5.85. The molecule has 3 aromatic carbocycles. The van der Waals surface area contributed by atoms with Crippen molar-refractivity contribution in [2.75, 3.05) is 22.1 Å². The van der Waals surface area contributed by atoms with Gasteiger partial charge < -0.3 is 74.7 Å². The summed E-state index contributed by atoms with van der Waals surface area (Å²) in [5, 5.41) is 36.6. The zero-order valence-corrected chi connectivity index (χ0v) is 47.3. The van der Waals surface area contributed by atoms with E-state index in [0.717, 1.165) is 0 Å². The third-order valence-corrected chi connectivity index (χ3v) is 9.03. The number of rotatable bonds is 10. The summed E-state index contributed by atoms with van der Waals surface area (Å²) in [5.41, 5.74) is 11.0. The van der Waals surface area contributed by atoms with Crippen molar-refractivity contribution < 1.29 is 72.0 Å². The first kappa shape index (κ1) is 68.1. The Balaban J connectivity index is 0.000000379. The van der Waals surface area contributed by atoms with Crippen LogP contribution in [0.15, 0.2) is 110 Å². The lowest BCUT2D eigenvalue weighted by atomic mass is 10.2. The lowest BCUT2D eigenvalue weighted by Gasteiger charge is -2.20. The summed E-state index contributed by atoms with van der Waals surface area (Å²) in [5.74, 6) is 1.77. The highest BCUT2D eigenvalue weighted by atomic mass is 16.8. The van der Waals surface area contributed by atoms with Gasteiger partial charge in [-0.1, -0.05) is 7.43 Å². The molecule has 3 aromatic heterocycles. The molecule has 0 radical (unpaired) electrons. The van der Waals surface area contributed by atoms with Crippen LogP contribution in [0.5, 0.6) is 40.2 Å². The van der Waals surface area contributed by atoms with Crippen molar-refractivity contribution in [1.82, 2.24) is 15.0 Å². The number of benzene rings is 3. The van der Waals surface area contributed by atoms with Crippen molar-refractivity contribution in [1.29, 1.82) is 0 Å². The third kappa shape index (κ3) is 25.6. The van der Waals surface area contributed by atoms with Crippen molar-refractivity contribution in [3.63, 3.8) is 0 Å². The van der Waals surface area contributed by atoms with E-state index in [1.54, 1.807) is 182 Å². The Labute approximate surface area is 474 Å². The number of carbonyl (C=O) groups excluding carboxylic acids is 4. The standard InChI is InChI=1S/C17H19N3O5.C16H19N3O4.C12H11N3O3.C10H18O5.CH4/c1-11-14(9-10-18-15(11)20(22)23)24-13-7-5-12(6-8-13)19-16(21)25-17(2,3)4;1-16(2,3)23-15(21)19-10-4-6-11(7-5-10)22-12-8-9-18-14(17)13(12)20;1-8-11(6-7-14-12(8)15(16)17)18-10-4-2-9(13)3-5-10;1-9(2,3)14-7(11)13-8(12)15-10(4,5)6;/h5-10H,1-4H3,(H,19,21);4-9,20H,1-3H3,(H2,17,18)(H,19,21);2-7H,13H2,1H3;1-6H3;1H4. The molecule has 26 nitrogen and oxygen atoms in total. The number of hydrogen-bond acceptors (Lipinski definition) is 22. The fourth-order valence-electron chi connectivity index (χ4n) is 5.72. The van der Waals surface area contributed by atoms with E-state index in [9.17, 15) is 44.5 Å². The minimum absolute atomic E-state index is 0. The summed E-state index contributed by atoms with van der Waals surface area (Å²) < 4.78 is 40.9. The van der Waals surface area contributed by atoms with Crippen LogP contribution < -0.4 is 36.3 Å². The average molecular weight is 1140 g/mol. The molecule has 6 rings (SSSR count). The molecular weight excluding hydrogens is 1070 g/mol. The van der Waals surface area contributed by atoms with E-state index in [2.05, 4.69) is 30.3 Å². The van der Waals surface area contributed by atoms with Crippen molar-refractivity contribution in [3.8, 4) is 40.2 Å². The number of amides is 2. The van der Waals surface area contributed by atoms with Crippen LogP contribution in [0.1, 0.15) is 102 Å². The highest BCUT2D eigenvalue weighted by Gasteiger charge is 2.25. The topological polar surface area (TPSA) is 363 Å². The first-order valence-corrected chi connectivity index (χ1v) is 24.3. The van der Waals surface area contributed by atoms with Crippen molar-refractivity contribution >= 4 is 59.0 Å². The zero-order valence-electron chi connectivity index (χ0n) is 47.3. The molecule has 0 spiro atoms. The van der Waals surface area contributed by atoms with E-state index in [-0.39, 0.29) is 36.4 Å². The van der Waals surface area contributed by atoms with Gasteiger partial charge in [-0.2, -0.15) is 0 Å². The molecule has 0 bridgehead atoms. The Hall–Kier alpha value is -10.0. The first-order chi connectivity index (χ1) is 37.5. The van der Waals surface area contributed by atoms with E-state index < -0.39 is 56.7 Å². The summed E-state index contributed by atoms with van der Waals surface area (Å²) in [6.07, 6.45) is 0.889. The summed E-state index contributed by atoms with van der Waals surface area (Å²) >= 11 is 0. The molecule has 6 aromatic rings. The molecule has 82 heavy (non-hydrogen) atoms. The smallest absolute Gasteiger partial charge is 0.502 e. The molecule has 26 heteroatoms. The van der Waals surface area contributed by atoms with E-state index in [1.807, 2.05) is 0 Å². The minimum Gasteiger partial charge on any atom is -0.502 e. The van der Waals surface area contributed by atoms with E-state index in [0.29, 0.717) is 56.9 Å². The molecule has 0 atom stereocenters. The highest BCUT2D eigenvalue weighted by Crippen LogP contribution is 2.35. The van der Waals surface area contributed by atoms with Crippen LogP contribution in [0, 0.1) is 34.1 Å². The fraction of sp³-hybridized carbons (Fsp3) is 0.339. The molecular formula is C56H71N9O17. The maximum Gasteiger partial charge on any atom is 0.519 e. The SMILES string of the molecule is C.CC(C)(C)OC(=O)Nc1ccc(Oc2ccnc(N)c2O)cc1.CC(C)(C)OC(=O)OC(=O)OC(C)(C)C.Cc1c(Oc2ccc(N)cc2)ccnc1[N+](=O)[O-].Cc1c(Oc2ccc(NC(=O)OC(C)(C)C)cc2)ccnc1[N+](=O)[O-]. The average Bonchev–Trinajstić information content (AvgIpc) is 3.45. The number of aromatic nitrogens is 3. The van der Waals surface area contributed by atoms with Crippen LogP contribution in [-0.4, -0.2) is 76.8 Å². The molecule has 2 amide bonds. The maximum absolute atomic E-state index is 11.7. The molecule has 0 fully saturated rings. The monoisotopic (exact) mass is 1140 g/mol. The molecule has 3 heterocycles. The van der Waals surface area contributed by atoms with E-state index in [4.69, 9.17) is 44.6 Å². The largest absolute Gasteiger partial charge is 0.519 e. The van der Waals surface area contributed by atoms with E-state index in [1.165, 1.54) is 24.7 Å². The normalized spacial score (nSPS) is 10.8. The van der Waals surface area contributed by atoms with Crippen LogP contribution in [0.3, 0.4) is 0 Å². The summed E-state index contributed by atoms with van der Waals surface area (Å²) in [6.45, 7) is 23.9. The number of nitrogen functional groups attached to an aromatic ring is 2. The van der Waals surface area contributed by atoms with Gasteiger partial charge in [-0.25, -0.2) is 24.2 Å². The van der Waals surface area contributed by atoms with Crippen LogP contribution >= 0.6 is 0 Å². The number of nitro groups is 2. The molecule has 0 saturated heterocycles. The molecule has 0 unspecified atom stereocenters. The minimum atomic E-state index is -1.06. The number of nitrogens with two attached hydrogens (primary N) is 2. The number of ether oxygens (including phenoxy) is 8. The van der Waals surface area contributed by atoms with Crippen LogP contribution in [-0.2, 0) is 23.7 Å². The Morgan fingerprint density at radius 1 is 0.488 bits per heavy atom. The third-order valence-electron chi connectivity index (χ3n) is 9.03. The lowest BCUT2D eigenvalue weighted by molar-refractivity contribution is -0.390. The first-order valence-electron chi connectivity index (χ1n) is 24.3. The lowest BCUT2D eigenvalue weighted by Crippen LogP contribution is -2.29. The number of anilines is 4. The Bertz CT molecular complexity index is 3090. The predicted molar refractivity (Wildman–Crippen MR) is 306 cm³/mol. The number of aromatic hydroxyl groups is 1. The number of nitrogens with one attached hydrogen (secondary N) is 2. The van der Waals surface area contributed by atoms with Crippen LogP contribution in [0.25, 0.3) is 0 Å². The van der Waals surface area contributed by atoms with E-state index >= 15 is 0 Å². The second-order valence-corrected chi connectivity index (χ2v) is 20.8. The van der Waals surface area contributed by atoms with Crippen LogP contribution in [0.4, 0.5) is 53.7 Å². The van der Waals surface area contributed by atoms with Crippen molar-refractivity contribution in [2.45, 2.75) is 127 Å². The number of nitrogens with zero attached hydrogens (tertiary/aromatic N) is 5. The second kappa shape index (κ2) is 29.8. The van der Waals surface area contributed by atoms with Gasteiger partial charge in [0.15, 0.2) is 11.6 Å². The molecule has 0 aliphatic carbocycles. The number of pyridine rings is 3. The Morgan fingerprint density at radius 2 is 0.793 bits per heavy atom. The number of hydrogen-bond donors (Lipinski definition) is 5. The molecule has 0 saturated carbocycles. The van der Waals surface area contributed by atoms with Gasteiger partial charge in [0.25, 0.3) is 0 Å². The predicted octanol–water partition coefficient (Wildman–Crippen LogP) is 14.1. The van der Waals surface area contributed by atoms with Gasteiger partial charge in [-0.3, -0.25) is 10.6 Å². The molecule has 0 aliphatic heterocycles. The summed E-state index contributed by atoms with van der Waals surface area (Å²) in [6, 6.07) is 24.6. The maximum atomic E-state index is 11.7. The van der Waals surface area contributed by atoms with Crippen LogP contribution in [0.2, 0.25) is 0 Å². The summed E-state index contributed by atoms with van der Waals surface area (Å²) in [4.78, 5) is 77.1. The number of carbonyl (C=O) groups is 4. The fourth-order valence-corrected chi connectivity index (χ4v) is 5.72. The van der Waals surface area contributed by atoms with Gasteiger partial charge in [-0.05, 0) is 190 Å². The van der Waals surface area contributed by atoms with Gasteiger partial charge in [0.1, 0.15) is 63.5 Å². The summed E-state index contributed by atoms with van der Waals surface area (Å²) in [7, 11) is 0. The van der Waals surface area contributed by atoms with Gasteiger partial charge in [0.2, 0.25) is 5.75 Å². The quantitative estimate of drug-likeness (QED) is 0.0212. The van der Waals surface area contributed by atoms with Gasteiger partial charge in [-0.15, -0.1) is 0 Å². The van der Waals surface area contributed by atoms with Gasteiger partial charge in [0, 0.05) is 41.5 Å². The van der Waals surface area contributed by atoms with Crippen molar-refractivity contribution in [2.24, 2.45) is 0 Å². The molecule has 0 aliphatic rings. The molecule has 7 N–H and O–H groups in total.